The van der Waals surface area contributed by atoms with Gasteiger partial charge >= 0.3 is 0 Å². The van der Waals surface area contributed by atoms with Gasteiger partial charge < -0.3 is 9.02 Å². The molecule has 1 heterocycles. The molecule has 90 valence electrons. The molecule has 0 spiro atoms. The number of aliphatic imine (C=N–C) groups is 1. The van der Waals surface area contributed by atoms with E-state index in [-0.39, 0.29) is 13.0 Å². The summed E-state index contributed by atoms with van der Waals surface area (Å²) in [4.78, 5) is 9.24. The third kappa shape index (κ3) is 4.54. The van der Waals surface area contributed by atoms with Gasteiger partial charge in [0, 0.05) is 6.20 Å². The van der Waals surface area contributed by atoms with Crippen LogP contribution < -0.4 is 0 Å². The molecule has 16 heavy (non-hydrogen) atoms. The molecular formula is C9H12F2N2O2S. The zero-order chi connectivity index (χ0) is 11.8. The number of halogens is 2. The van der Waals surface area contributed by atoms with Crippen LogP contribution >= 0.6 is 11.2 Å². The molecule has 0 N–H and O–H groups in total. The second kappa shape index (κ2) is 7.13. The summed E-state index contributed by atoms with van der Waals surface area (Å²) < 4.78 is 28.8. The molecule has 0 saturated carbocycles. The SMILES string of the molecule is CO/N=C\C1=CN=C[SH]1OCCC=C(F)F. The highest BCUT2D eigenvalue weighted by molar-refractivity contribution is 8.28. The molecule has 0 aromatic rings. The van der Waals surface area contributed by atoms with E-state index in [1.54, 1.807) is 11.7 Å². The van der Waals surface area contributed by atoms with E-state index in [9.17, 15) is 8.78 Å². The first-order valence-corrected chi connectivity index (χ1v) is 5.80. The third-order valence-electron chi connectivity index (χ3n) is 1.57. The Morgan fingerprint density at radius 2 is 2.44 bits per heavy atom. The minimum atomic E-state index is -1.69. The van der Waals surface area contributed by atoms with E-state index in [0.29, 0.717) is 0 Å². The van der Waals surface area contributed by atoms with Crippen LogP contribution in [-0.2, 0) is 9.02 Å². The summed E-state index contributed by atoms with van der Waals surface area (Å²) in [6.45, 7) is 0.229. The number of allylic oxidation sites excluding steroid dienone is 1. The molecule has 0 radical (unpaired) electrons. The Morgan fingerprint density at radius 3 is 3.12 bits per heavy atom. The van der Waals surface area contributed by atoms with Crippen molar-refractivity contribution in [1.29, 1.82) is 0 Å². The highest BCUT2D eigenvalue weighted by Crippen LogP contribution is 2.36. The summed E-state index contributed by atoms with van der Waals surface area (Å²) >= 11 is -0.985. The molecule has 0 saturated heterocycles. The first kappa shape index (κ1) is 12.9. The smallest absolute Gasteiger partial charge is 0.266 e. The zero-order valence-corrected chi connectivity index (χ0v) is 9.53. The van der Waals surface area contributed by atoms with Crippen molar-refractivity contribution in [2.45, 2.75) is 6.42 Å². The lowest BCUT2D eigenvalue weighted by Crippen LogP contribution is -1.94. The lowest BCUT2D eigenvalue weighted by atomic mass is 10.4. The maximum atomic E-state index is 11.7. The first-order valence-electron chi connectivity index (χ1n) is 4.47. The molecule has 4 nitrogen and oxygen atoms in total. The van der Waals surface area contributed by atoms with Gasteiger partial charge in [0.2, 0.25) is 0 Å². The average Bonchev–Trinajstić information content (AvgIpc) is 2.69. The molecule has 0 aromatic heterocycles. The fraction of sp³-hybridized carbons (Fsp3) is 0.333. The van der Waals surface area contributed by atoms with Gasteiger partial charge in [-0.15, -0.1) is 0 Å². The molecular weight excluding hydrogens is 238 g/mol. The van der Waals surface area contributed by atoms with E-state index in [2.05, 4.69) is 15.0 Å². The molecule has 1 atom stereocenters. The van der Waals surface area contributed by atoms with Gasteiger partial charge in [-0.1, -0.05) is 16.3 Å². The summed E-state index contributed by atoms with van der Waals surface area (Å²) in [5, 5.41) is 3.59. The van der Waals surface area contributed by atoms with E-state index in [0.717, 1.165) is 11.0 Å². The number of hydrogen-bond donors (Lipinski definition) is 1. The normalized spacial score (nSPS) is 21.2. The number of hydrogen-bond acceptors (Lipinski definition) is 4. The summed E-state index contributed by atoms with van der Waals surface area (Å²) in [5.41, 5.74) is 1.64. The number of oxime groups is 1. The number of rotatable bonds is 6. The predicted molar refractivity (Wildman–Crippen MR) is 61.9 cm³/mol. The maximum Gasteiger partial charge on any atom is 0.266 e. The van der Waals surface area contributed by atoms with E-state index in [1.807, 2.05) is 0 Å². The van der Waals surface area contributed by atoms with Gasteiger partial charge in [0.15, 0.2) is 0 Å². The average molecular weight is 250 g/mol. The van der Waals surface area contributed by atoms with E-state index in [1.165, 1.54) is 13.3 Å². The van der Waals surface area contributed by atoms with Crippen molar-refractivity contribution in [2.24, 2.45) is 10.1 Å². The summed E-state index contributed by atoms with van der Waals surface area (Å²) in [6, 6.07) is 0. The highest BCUT2D eigenvalue weighted by Gasteiger charge is 2.10. The van der Waals surface area contributed by atoms with Gasteiger partial charge in [0.05, 0.1) is 23.3 Å². The fourth-order valence-electron chi connectivity index (χ4n) is 0.918. The van der Waals surface area contributed by atoms with E-state index in [4.69, 9.17) is 4.18 Å². The van der Waals surface area contributed by atoms with Crippen LogP contribution in [0.3, 0.4) is 0 Å². The summed E-state index contributed by atoms with van der Waals surface area (Å²) in [6.07, 6.45) is 2.44. The number of nitrogens with zero attached hydrogens (tertiary/aromatic N) is 2. The highest BCUT2D eigenvalue weighted by atomic mass is 32.2. The minimum Gasteiger partial charge on any atom is -0.399 e. The molecule has 1 unspecified atom stereocenters. The number of thiol groups is 1. The summed E-state index contributed by atoms with van der Waals surface area (Å²) in [5.74, 6) is 0. The van der Waals surface area contributed by atoms with Crippen LogP contribution in [0.2, 0.25) is 0 Å². The molecule has 1 aliphatic heterocycles. The van der Waals surface area contributed by atoms with Gasteiger partial charge in [0.1, 0.15) is 7.11 Å². The minimum absolute atomic E-state index is 0.184. The van der Waals surface area contributed by atoms with Crippen LogP contribution in [0.5, 0.6) is 0 Å². The summed E-state index contributed by atoms with van der Waals surface area (Å²) in [7, 11) is 1.44. The predicted octanol–water partition coefficient (Wildman–Crippen LogP) is 2.61. The zero-order valence-electron chi connectivity index (χ0n) is 8.64. The van der Waals surface area contributed by atoms with Crippen LogP contribution in [0, 0.1) is 0 Å². The quantitative estimate of drug-likeness (QED) is 0.341. The Morgan fingerprint density at radius 1 is 1.62 bits per heavy atom. The van der Waals surface area contributed by atoms with Crippen molar-refractivity contribution >= 4 is 22.9 Å². The van der Waals surface area contributed by atoms with Crippen molar-refractivity contribution in [3.8, 4) is 0 Å². The van der Waals surface area contributed by atoms with Crippen molar-refractivity contribution in [3.63, 3.8) is 0 Å². The van der Waals surface area contributed by atoms with Crippen LogP contribution in [0.4, 0.5) is 8.78 Å². The molecule has 0 aliphatic carbocycles. The lowest BCUT2D eigenvalue weighted by molar-refractivity contribution is 0.215. The van der Waals surface area contributed by atoms with E-state index < -0.39 is 17.3 Å². The molecule has 0 amide bonds. The monoisotopic (exact) mass is 250 g/mol. The topological polar surface area (TPSA) is 43.2 Å². The molecule has 0 fully saturated rings. The van der Waals surface area contributed by atoms with E-state index >= 15 is 0 Å². The van der Waals surface area contributed by atoms with Crippen LogP contribution in [-0.4, -0.2) is 25.5 Å². The second-order valence-corrected chi connectivity index (χ2v) is 4.33. The lowest BCUT2D eigenvalue weighted by Gasteiger charge is -2.13. The molecule has 7 heteroatoms. The molecule has 0 aromatic carbocycles. The van der Waals surface area contributed by atoms with Crippen LogP contribution in [0.25, 0.3) is 0 Å². The van der Waals surface area contributed by atoms with Gasteiger partial charge in [0.25, 0.3) is 6.08 Å². The molecule has 0 bridgehead atoms. The Balaban J connectivity index is 2.32. The Bertz CT molecular complexity index is 338. The Hall–Kier alpha value is -1.21. The van der Waals surface area contributed by atoms with Crippen LogP contribution in [0.15, 0.2) is 33.4 Å². The first-order chi connectivity index (χ1) is 7.74. The van der Waals surface area contributed by atoms with Crippen molar-refractivity contribution in [3.05, 3.63) is 23.3 Å². The maximum absolute atomic E-state index is 11.7. The fourth-order valence-corrected chi connectivity index (χ4v) is 2.10. The molecule has 1 aliphatic rings. The standard InChI is InChI=1S/C9H12F2N2O2S/c1-14-13-6-8-5-12-7-16(8)15-4-2-3-9(10)11/h3,5-7,16H,2,4H2,1H3/b13-6-. The van der Waals surface area contributed by atoms with Crippen molar-refractivity contribution in [1.82, 2.24) is 0 Å². The van der Waals surface area contributed by atoms with Crippen molar-refractivity contribution in [2.75, 3.05) is 13.7 Å². The van der Waals surface area contributed by atoms with Gasteiger partial charge in [-0.25, -0.2) is 0 Å². The Labute approximate surface area is 94.9 Å². The third-order valence-corrected chi connectivity index (χ3v) is 3.11. The van der Waals surface area contributed by atoms with Gasteiger partial charge in [-0.2, -0.15) is 8.78 Å². The second-order valence-electron chi connectivity index (χ2n) is 2.68. The largest absolute Gasteiger partial charge is 0.399 e. The molecule has 1 rings (SSSR count). The van der Waals surface area contributed by atoms with Crippen molar-refractivity contribution < 1.29 is 17.8 Å². The van der Waals surface area contributed by atoms with Gasteiger partial charge in [-0.05, 0) is 12.5 Å². The van der Waals surface area contributed by atoms with Gasteiger partial charge in [-0.3, -0.25) is 4.99 Å². The van der Waals surface area contributed by atoms with Crippen LogP contribution in [0.1, 0.15) is 6.42 Å². The Kier molecular flexibility index (Phi) is 5.73.